The lowest BCUT2D eigenvalue weighted by atomic mass is 10.0. The van der Waals surface area contributed by atoms with Gasteiger partial charge in [0.2, 0.25) is 5.91 Å². The molecule has 0 saturated carbocycles. The summed E-state index contributed by atoms with van der Waals surface area (Å²) < 4.78 is 0. The molecule has 0 spiro atoms. The molecule has 1 amide bonds. The van der Waals surface area contributed by atoms with E-state index >= 15 is 0 Å². The summed E-state index contributed by atoms with van der Waals surface area (Å²) >= 11 is 0. The molecule has 2 unspecified atom stereocenters. The Morgan fingerprint density at radius 2 is 1.80 bits per heavy atom. The zero-order valence-corrected chi connectivity index (χ0v) is 12.8. The highest BCUT2D eigenvalue weighted by molar-refractivity contribution is 5.81. The molecule has 4 nitrogen and oxygen atoms in total. The van der Waals surface area contributed by atoms with E-state index in [-0.39, 0.29) is 23.7 Å². The van der Waals surface area contributed by atoms with E-state index in [1.165, 1.54) is 0 Å². The van der Waals surface area contributed by atoms with Gasteiger partial charge in [0.15, 0.2) is 0 Å². The average Bonchev–Trinajstić information content (AvgIpc) is 2.42. The van der Waals surface area contributed by atoms with Crippen LogP contribution < -0.4 is 10.6 Å². The molecule has 3 N–H and O–H groups in total. The van der Waals surface area contributed by atoms with Crippen molar-refractivity contribution in [3.05, 3.63) is 29.8 Å². The molecule has 0 heterocycles. The Bertz CT molecular complexity index is 415. The fourth-order valence-electron chi connectivity index (χ4n) is 1.99. The standard InChI is InChI=1S/C16H26N2O2/c1-5-15(13-6-8-14(19)9-7-13)18-12(4)16(20)17-10-11(2)3/h6-9,11-12,15,18-19H,5,10H2,1-4H3,(H,17,20). The van der Waals surface area contributed by atoms with Gasteiger partial charge in [0.25, 0.3) is 0 Å². The van der Waals surface area contributed by atoms with Crippen molar-refractivity contribution in [2.24, 2.45) is 5.92 Å². The van der Waals surface area contributed by atoms with Crippen molar-refractivity contribution in [1.29, 1.82) is 0 Å². The molecule has 0 aliphatic rings. The summed E-state index contributed by atoms with van der Waals surface area (Å²) in [4.78, 5) is 12.0. The molecule has 0 aliphatic carbocycles. The summed E-state index contributed by atoms with van der Waals surface area (Å²) in [6, 6.07) is 6.97. The van der Waals surface area contributed by atoms with Gasteiger partial charge < -0.3 is 10.4 Å². The molecule has 20 heavy (non-hydrogen) atoms. The minimum Gasteiger partial charge on any atom is -0.508 e. The highest BCUT2D eigenvalue weighted by Gasteiger charge is 2.17. The Morgan fingerprint density at radius 1 is 1.20 bits per heavy atom. The normalized spacial score (nSPS) is 14.1. The fraction of sp³-hybridized carbons (Fsp3) is 0.562. The summed E-state index contributed by atoms with van der Waals surface area (Å²) in [5.74, 6) is 0.729. The van der Waals surface area contributed by atoms with E-state index < -0.39 is 0 Å². The van der Waals surface area contributed by atoms with E-state index in [9.17, 15) is 9.90 Å². The minimum absolute atomic E-state index is 0.0240. The van der Waals surface area contributed by atoms with Crippen LogP contribution in [0.15, 0.2) is 24.3 Å². The lowest BCUT2D eigenvalue weighted by Crippen LogP contribution is -2.44. The molecule has 0 fully saturated rings. The second-order valence-corrected chi connectivity index (χ2v) is 5.58. The Kier molecular flexibility index (Phi) is 6.52. The second kappa shape index (κ2) is 7.90. The van der Waals surface area contributed by atoms with Gasteiger partial charge in [-0.05, 0) is 37.0 Å². The van der Waals surface area contributed by atoms with Crippen LogP contribution in [-0.4, -0.2) is 23.6 Å². The van der Waals surface area contributed by atoms with E-state index in [2.05, 4.69) is 31.4 Å². The molecule has 0 saturated heterocycles. The topological polar surface area (TPSA) is 61.4 Å². The number of amides is 1. The summed E-state index contributed by atoms with van der Waals surface area (Å²) in [6.07, 6.45) is 0.882. The van der Waals surface area contributed by atoms with E-state index in [1.54, 1.807) is 12.1 Å². The summed E-state index contributed by atoms with van der Waals surface area (Å²) in [5.41, 5.74) is 1.08. The van der Waals surface area contributed by atoms with Gasteiger partial charge in [-0.3, -0.25) is 10.1 Å². The molecular formula is C16H26N2O2. The molecular weight excluding hydrogens is 252 g/mol. The van der Waals surface area contributed by atoms with Gasteiger partial charge in [-0.2, -0.15) is 0 Å². The Hall–Kier alpha value is -1.55. The third-order valence-electron chi connectivity index (χ3n) is 3.23. The maximum Gasteiger partial charge on any atom is 0.236 e. The number of hydrogen-bond donors (Lipinski definition) is 3. The van der Waals surface area contributed by atoms with Gasteiger partial charge in [-0.15, -0.1) is 0 Å². The largest absolute Gasteiger partial charge is 0.508 e. The predicted octanol–water partition coefficient (Wildman–Crippen LogP) is 2.59. The third kappa shape index (κ3) is 5.21. The molecule has 1 aromatic rings. The maximum atomic E-state index is 12.0. The number of nitrogens with one attached hydrogen (secondary N) is 2. The first-order valence-corrected chi connectivity index (χ1v) is 7.26. The first-order chi connectivity index (χ1) is 9.43. The van der Waals surface area contributed by atoms with E-state index in [0.717, 1.165) is 12.0 Å². The number of phenolic OH excluding ortho intramolecular Hbond substituents is 1. The van der Waals surface area contributed by atoms with Gasteiger partial charge in [-0.1, -0.05) is 32.9 Å². The van der Waals surface area contributed by atoms with E-state index in [4.69, 9.17) is 0 Å². The van der Waals surface area contributed by atoms with Gasteiger partial charge in [0.05, 0.1) is 6.04 Å². The predicted molar refractivity (Wildman–Crippen MR) is 81.6 cm³/mol. The first-order valence-electron chi connectivity index (χ1n) is 7.26. The van der Waals surface area contributed by atoms with Crippen molar-refractivity contribution >= 4 is 5.91 Å². The lowest BCUT2D eigenvalue weighted by molar-refractivity contribution is -0.123. The van der Waals surface area contributed by atoms with Crippen molar-refractivity contribution in [1.82, 2.24) is 10.6 Å². The molecule has 2 atom stereocenters. The third-order valence-corrected chi connectivity index (χ3v) is 3.23. The Balaban J connectivity index is 2.59. The van der Waals surface area contributed by atoms with Crippen molar-refractivity contribution in [2.75, 3.05) is 6.54 Å². The smallest absolute Gasteiger partial charge is 0.236 e. The number of carbonyl (C=O) groups excluding carboxylic acids is 1. The second-order valence-electron chi connectivity index (χ2n) is 5.58. The first kappa shape index (κ1) is 16.5. The van der Waals surface area contributed by atoms with Crippen LogP contribution in [-0.2, 0) is 4.79 Å². The fourth-order valence-corrected chi connectivity index (χ4v) is 1.99. The van der Waals surface area contributed by atoms with Crippen molar-refractivity contribution < 1.29 is 9.90 Å². The Labute approximate surface area is 121 Å². The van der Waals surface area contributed by atoms with E-state index in [1.807, 2.05) is 19.1 Å². The van der Waals surface area contributed by atoms with Crippen LogP contribution in [0.4, 0.5) is 0 Å². The summed E-state index contributed by atoms with van der Waals surface area (Å²) in [6.45, 7) is 8.79. The summed E-state index contributed by atoms with van der Waals surface area (Å²) in [7, 11) is 0. The quantitative estimate of drug-likeness (QED) is 0.718. The Morgan fingerprint density at radius 3 is 2.30 bits per heavy atom. The van der Waals surface area contributed by atoms with Crippen LogP contribution in [0.3, 0.4) is 0 Å². The number of benzene rings is 1. The van der Waals surface area contributed by atoms with Crippen molar-refractivity contribution in [3.8, 4) is 5.75 Å². The molecule has 1 aromatic carbocycles. The molecule has 112 valence electrons. The molecule has 4 heteroatoms. The minimum atomic E-state index is -0.243. The maximum absolute atomic E-state index is 12.0. The molecule has 1 rings (SSSR count). The van der Waals surface area contributed by atoms with Crippen LogP contribution in [0.1, 0.15) is 45.7 Å². The number of carbonyl (C=O) groups is 1. The SMILES string of the molecule is CCC(NC(C)C(=O)NCC(C)C)c1ccc(O)cc1. The van der Waals surface area contributed by atoms with Gasteiger partial charge in [0.1, 0.15) is 5.75 Å². The molecule has 0 radical (unpaired) electrons. The molecule has 0 bridgehead atoms. The highest BCUT2D eigenvalue weighted by Crippen LogP contribution is 2.19. The van der Waals surface area contributed by atoms with Crippen LogP contribution >= 0.6 is 0 Å². The van der Waals surface area contributed by atoms with Crippen LogP contribution in [0.2, 0.25) is 0 Å². The van der Waals surface area contributed by atoms with Crippen LogP contribution in [0, 0.1) is 5.92 Å². The number of aromatic hydroxyl groups is 1. The molecule has 0 aliphatic heterocycles. The van der Waals surface area contributed by atoms with Gasteiger partial charge in [0, 0.05) is 12.6 Å². The zero-order chi connectivity index (χ0) is 15.1. The lowest BCUT2D eigenvalue weighted by Gasteiger charge is -2.22. The van der Waals surface area contributed by atoms with Crippen molar-refractivity contribution in [2.45, 2.75) is 46.2 Å². The number of hydrogen-bond acceptors (Lipinski definition) is 3. The average molecular weight is 278 g/mol. The van der Waals surface area contributed by atoms with Crippen LogP contribution in [0.25, 0.3) is 0 Å². The van der Waals surface area contributed by atoms with E-state index in [0.29, 0.717) is 12.5 Å². The highest BCUT2D eigenvalue weighted by atomic mass is 16.3. The zero-order valence-electron chi connectivity index (χ0n) is 12.8. The van der Waals surface area contributed by atoms with Gasteiger partial charge in [-0.25, -0.2) is 0 Å². The van der Waals surface area contributed by atoms with Gasteiger partial charge >= 0.3 is 0 Å². The number of phenols is 1. The summed E-state index contributed by atoms with van der Waals surface area (Å²) in [5, 5.41) is 15.6. The monoisotopic (exact) mass is 278 g/mol. The van der Waals surface area contributed by atoms with Crippen LogP contribution in [0.5, 0.6) is 5.75 Å². The molecule has 0 aromatic heterocycles. The number of rotatable bonds is 7. The van der Waals surface area contributed by atoms with Crippen molar-refractivity contribution in [3.63, 3.8) is 0 Å².